The summed E-state index contributed by atoms with van der Waals surface area (Å²) >= 11 is 6.24. The summed E-state index contributed by atoms with van der Waals surface area (Å²) in [5, 5.41) is 22.8. The number of carbonyl (C=O) groups is 1. The van der Waals surface area contributed by atoms with E-state index in [9.17, 15) is 33.1 Å². The van der Waals surface area contributed by atoms with Crippen molar-refractivity contribution < 1.29 is 23.1 Å². The number of likely N-dealkylation sites (tertiary alicyclic amines) is 1. The number of rotatable bonds is 2. The lowest BCUT2D eigenvalue weighted by atomic mass is 10.1. The number of halogens is 4. The molecule has 1 saturated heterocycles. The molecule has 35 heavy (non-hydrogen) atoms. The summed E-state index contributed by atoms with van der Waals surface area (Å²) in [5.74, 6) is -0.358. The number of nitrogens with one attached hydrogen (secondary N) is 1. The van der Waals surface area contributed by atoms with Crippen molar-refractivity contribution in [2.24, 2.45) is 0 Å². The smallest absolute Gasteiger partial charge is 0.416 e. The van der Waals surface area contributed by atoms with Crippen LogP contribution in [0.5, 0.6) is 5.88 Å². The lowest BCUT2D eigenvalue weighted by molar-refractivity contribution is -0.137. The van der Waals surface area contributed by atoms with Crippen LogP contribution in [0, 0.1) is 18.3 Å². The standard InChI is InChI=1S/C23H17ClF3N5O3/c1-11-16(6-5-12(9-28)18(11)24)32-20(33)19-17-8-15(31(19)22(32)35)10-30(17)21(34)29-14-4-2-3-13(7-14)23(25,26)27/h2-7,15,17,33H,8,10H2,1H3,(H,29,34)/t15-,17?/m1/s1. The van der Waals surface area contributed by atoms with E-state index in [0.717, 1.165) is 16.7 Å². The number of carbonyl (C=O) groups excluding carboxylic acids is 1. The van der Waals surface area contributed by atoms with Gasteiger partial charge in [-0.3, -0.25) is 4.57 Å². The number of nitriles is 1. The van der Waals surface area contributed by atoms with E-state index in [0.29, 0.717) is 17.7 Å². The molecule has 5 rings (SSSR count). The predicted octanol–water partition coefficient (Wildman–Crippen LogP) is 4.73. The average Bonchev–Trinajstić information content (AvgIpc) is 3.47. The molecule has 180 valence electrons. The number of aromatic nitrogens is 2. The molecule has 2 aliphatic rings. The Morgan fingerprint density at radius 1 is 1.29 bits per heavy atom. The molecule has 2 N–H and O–H groups in total. The quantitative estimate of drug-likeness (QED) is 0.527. The van der Waals surface area contributed by atoms with Gasteiger partial charge in [-0.1, -0.05) is 17.7 Å². The van der Waals surface area contributed by atoms with Crippen molar-refractivity contribution in [2.75, 3.05) is 11.9 Å². The molecule has 2 bridgehead atoms. The molecule has 3 heterocycles. The van der Waals surface area contributed by atoms with Crippen molar-refractivity contribution >= 4 is 23.3 Å². The number of benzene rings is 2. The highest BCUT2D eigenvalue weighted by atomic mass is 35.5. The van der Waals surface area contributed by atoms with E-state index in [2.05, 4.69) is 5.32 Å². The zero-order valence-corrected chi connectivity index (χ0v) is 18.9. The third-order valence-electron chi connectivity index (χ3n) is 6.48. The maximum Gasteiger partial charge on any atom is 0.416 e. The zero-order chi connectivity index (χ0) is 25.2. The third-order valence-corrected chi connectivity index (χ3v) is 6.97. The Kier molecular flexibility index (Phi) is 5.10. The van der Waals surface area contributed by atoms with Crippen LogP contribution in [0.1, 0.15) is 40.9 Å². The summed E-state index contributed by atoms with van der Waals surface area (Å²) in [4.78, 5) is 27.5. The number of anilines is 1. The molecule has 0 spiro atoms. The van der Waals surface area contributed by atoms with E-state index in [-0.39, 0.29) is 34.4 Å². The van der Waals surface area contributed by atoms with Crippen molar-refractivity contribution in [3.63, 3.8) is 0 Å². The summed E-state index contributed by atoms with van der Waals surface area (Å²) in [6.45, 7) is 1.77. The molecule has 3 aromatic rings. The summed E-state index contributed by atoms with van der Waals surface area (Å²) in [6.07, 6.45) is -4.16. The number of imidazole rings is 1. The highest BCUT2D eigenvalue weighted by Gasteiger charge is 2.49. The molecule has 0 saturated carbocycles. The molecule has 1 aromatic heterocycles. The molecule has 2 atom stereocenters. The molecule has 0 aliphatic carbocycles. The Morgan fingerprint density at radius 3 is 2.71 bits per heavy atom. The maximum absolute atomic E-state index is 13.2. The average molecular weight is 504 g/mol. The molecule has 1 fully saturated rings. The first-order valence-corrected chi connectivity index (χ1v) is 10.9. The fourth-order valence-corrected chi connectivity index (χ4v) is 5.06. The fourth-order valence-electron chi connectivity index (χ4n) is 4.86. The van der Waals surface area contributed by atoms with E-state index in [4.69, 9.17) is 11.6 Å². The van der Waals surface area contributed by atoms with Crippen LogP contribution in [0.25, 0.3) is 5.69 Å². The van der Waals surface area contributed by atoms with Crippen molar-refractivity contribution in [2.45, 2.75) is 31.6 Å². The summed E-state index contributed by atoms with van der Waals surface area (Å²) in [7, 11) is 0. The van der Waals surface area contributed by atoms with Crippen LogP contribution in [0.2, 0.25) is 5.02 Å². The van der Waals surface area contributed by atoms with Crippen LogP contribution in [-0.4, -0.2) is 31.7 Å². The van der Waals surface area contributed by atoms with Gasteiger partial charge in [-0.15, -0.1) is 0 Å². The van der Waals surface area contributed by atoms with Crippen molar-refractivity contribution in [3.05, 3.63) is 74.3 Å². The SMILES string of the molecule is Cc1c(-n2c(O)c3n(c2=O)[C@@H]2CC3N(C(=O)Nc3cccc(C(F)(F)F)c3)C2)ccc(C#N)c1Cl. The lowest BCUT2D eigenvalue weighted by Gasteiger charge is -2.28. The highest BCUT2D eigenvalue weighted by molar-refractivity contribution is 6.32. The van der Waals surface area contributed by atoms with Gasteiger partial charge >= 0.3 is 17.9 Å². The molecular weight excluding hydrogens is 487 g/mol. The van der Waals surface area contributed by atoms with E-state index >= 15 is 0 Å². The van der Waals surface area contributed by atoms with Crippen LogP contribution >= 0.6 is 11.6 Å². The normalized spacial score (nSPS) is 18.5. The number of urea groups is 1. The second kappa shape index (κ2) is 7.81. The molecule has 1 unspecified atom stereocenters. The third kappa shape index (κ3) is 3.44. The summed E-state index contributed by atoms with van der Waals surface area (Å²) < 4.78 is 41.5. The Hall–Kier alpha value is -3.91. The van der Waals surface area contributed by atoms with Gasteiger partial charge in [0, 0.05) is 12.2 Å². The monoisotopic (exact) mass is 503 g/mol. The van der Waals surface area contributed by atoms with E-state index in [1.165, 1.54) is 33.7 Å². The molecular formula is C23H17ClF3N5O3. The number of hydrogen-bond donors (Lipinski definition) is 2. The van der Waals surface area contributed by atoms with Crippen molar-refractivity contribution in [3.8, 4) is 17.6 Å². The Morgan fingerprint density at radius 2 is 2.03 bits per heavy atom. The number of alkyl halides is 3. The van der Waals surface area contributed by atoms with Gasteiger partial charge in [0.15, 0.2) is 0 Å². The van der Waals surface area contributed by atoms with Gasteiger partial charge in [-0.2, -0.15) is 18.4 Å². The number of amides is 2. The van der Waals surface area contributed by atoms with Gasteiger partial charge in [0.05, 0.1) is 33.9 Å². The van der Waals surface area contributed by atoms with E-state index < -0.39 is 35.5 Å². The highest BCUT2D eigenvalue weighted by Crippen LogP contribution is 2.49. The topological polar surface area (TPSA) is 103 Å². The van der Waals surface area contributed by atoms with Gasteiger partial charge in [0.1, 0.15) is 11.8 Å². The van der Waals surface area contributed by atoms with E-state index in [1.807, 2.05) is 6.07 Å². The largest absolute Gasteiger partial charge is 0.493 e. The van der Waals surface area contributed by atoms with E-state index in [1.54, 1.807) is 6.92 Å². The Balaban J connectivity index is 1.48. The number of fused-ring (bicyclic) bond motifs is 5. The first kappa shape index (κ1) is 22.9. The summed E-state index contributed by atoms with van der Waals surface area (Å²) in [6, 6.07) is 7.52. The Labute approximate surface area is 201 Å². The molecule has 8 nitrogen and oxygen atoms in total. The van der Waals surface area contributed by atoms with Gasteiger partial charge in [-0.25, -0.2) is 14.2 Å². The molecule has 2 amide bonds. The Bertz CT molecular complexity index is 1490. The van der Waals surface area contributed by atoms with Gasteiger partial charge < -0.3 is 15.3 Å². The van der Waals surface area contributed by atoms with Crippen molar-refractivity contribution in [1.29, 1.82) is 5.26 Å². The fraction of sp³-hybridized carbons (Fsp3) is 0.261. The van der Waals surface area contributed by atoms with Crippen LogP contribution in [0.4, 0.5) is 23.7 Å². The first-order valence-electron chi connectivity index (χ1n) is 10.5. The number of hydrogen-bond acceptors (Lipinski definition) is 4. The molecule has 0 radical (unpaired) electrons. The second-order valence-electron chi connectivity index (χ2n) is 8.45. The molecule has 2 aliphatic heterocycles. The minimum atomic E-state index is -4.55. The molecule has 12 heteroatoms. The molecule has 2 aromatic carbocycles. The van der Waals surface area contributed by atoms with Crippen LogP contribution < -0.4 is 11.0 Å². The first-order chi connectivity index (χ1) is 16.5. The summed E-state index contributed by atoms with van der Waals surface area (Å²) in [5.41, 5.74) is -0.216. The predicted molar refractivity (Wildman–Crippen MR) is 120 cm³/mol. The maximum atomic E-state index is 13.2. The lowest BCUT2D eigenvalue weighted by Crippen LogP contribution is -2.40. The van der Waals surface area contributed by atoms with Crippen LogP contribution in [0.3, 0.4) is 0 Å². The zero-order valence-electron chi connectivity index (χ0n) is 18.1. The van der Waals surface area contributed by atoms with Crippen LogP contribution in [-0.2, 0) is 6.18 Å². The van der Waals surface area contributed by atoms with Crippen LogP contribution in [0.15, 0.2) is 41.2 Å². The van der Waals surface area contributed by atoms with Gasteiger partial charge in [-0.05, 0) is 49.2 Å². The van der Waals surface area contributed by atoms with Crippen molar-refractivity contribution in [1.82, 2.24) is 14.0 Å². The minimum Gasteiger partial charge on any atom is -0.493 e. The van der Waals surface area contributed by atoms with Gasteiger partial charge in [0.25, 0.3) is 0 Å². The van der Waals surface area contributed by atoms with Gasteiger partial charge in [0.2, 0.25) is 5.88 Å². The second-order valence-corrected chi connectivity index (χ2v) is 8.82. The number of aromatic hydroxyl groups is 1. The minimum absolute atomic E-state index is 0.0189. The number of nitrogens with zero attached hydrogens (tertiary/aromatic N) is 4.